The number of piperidine rings is 1. The van der Waals surface area contributed by atoms with Gasteiger partial charge in [0.2, 0.25) is 5.91 Å². The van der Waals surface area contributed by atoms with E-state index in [0.717, 1.165) is 18.4 Å². The van der Waals surface area contributed by atoms with Gasteiger partial charge in [-0.05, 0) is 51.7 Å². The summed E-state index contributed by atoms with van der Waals surface area (Å²) in [5.41, 5.74) is -0.418. The molecule has 10 heteroatoms. The monoisotopic (exact) mass is 495 g/mol. The minimum absolute atomic E-state index is 0.107. The van der Waals surface area contributed by atoms with E-state index < -0.39 is 35.3 Å². The summed E-state index contributed by atoms with van der Waals surface area (Å²) in [4.78, 5) is 49.0. The standard InChI is InChI=1S/C26H33N5O5/c1-25(2,3)36-24(34)31-15-10-20(29-23(33)35-17-18-8-5-4-6-9-18)19(16-31)21(32)30-26(11-12-26)22-27-13-7-14-28-22/h4-9,13-14,19-20H,10-12,15-17H2,1-3H3,(H,29,33)(H,30,32). The SMILES string of the molecule is CC(C)(C)OC(=O)N1CCC(NC(=O)OCc2ccccc2)C(C(=O)NC2(c3ncccn3)CC2)C1. The van der Waals surface area contributed by atoms with Crippen molar-refractivity contribution < 1.29 is 23.9 Å². The van der Waals surface area contributed by atoms with Gasteiger partial charge in [0.1, 0.15) is 12.2 Å². The van der Waals surface area contributed by atoms with Crippen LogP contribution in [0.25, 0.3) is 0 Å². The van der Waals surface area contributed by atoms with Gasteiger partial charge in [0, 0.05) is 31.5 Å². The highest BCUT2D eigenvalue weighted by Gasteiger charge is 2.50. The Bertz CT molecular complexity index is 1070. The smallest absolute Gasteiger partial charge is 0.410 e. The zero-order chi connectivity index (χ0) is 25.8. The molecule has 2 fully saturated rings. The summed E-state index contributed by atoms with van der Waals surface area (Å²) in [7, 11) is 0. The lowest BCUT2D eigenvalue weighted by molar-refractivity contribution is -0.128. The average Bonchev–Trinajstić information content (AvgIpc) is 3.63. The number of carbonyl (C=O) groups excluding carboxylic acids is 3. The molecule has 2 aromatic rings. The first-order valence-electron chi connectivity index (χ1n) is 12.2. The van der Waals surface area contributed by atoms with Crippen LogP contribution in [0.4, 0.5) is 9.59 Å². The highest BCUT2D eigenvalue weighted by atomic mass is 16.6. The molecule has 1 aromatic heterocycles. The first-order chi connectivity index (χ1) is 17.2. The van der Waals surface area contributed by atoms with Gasteiger partial charge in [-0.1, -0.05) is 30.3 Å². The second kappa shape index (κ2) is 10.5. The highest BCUT2D eigenvalue weighted by molar-refractivity contribution is 5.83. The number of rotatable bonds is 6. The third-order valence-electron chi connectivity index (χ3n) is 6.22. The molecule has 1 saturated heterocycles. The first-order valence-corrected chi connectivity index (χ1v) is 12.2. The zero-order valence-corrected chi connectivity index (χ0v) is 20.9. The van der Waals surface area contributed by atoms with Crippen molar-refractivity contribution in [1.29, 1.82) is 0 Å². The summed E-state index contributed by atoms with van der Waals surface area (Å²) in [5, 5.41) is 5.93. The number of hydrogen-bond acceptors (Lipinski definition) is 7. The lowest BCUT2D eigenvalue weighted by Gasteiger charge is -2.38. The largest absolute Gasteiger partial charge is 0.445 e. The van der Waals surface area contributed by atoms with Crippen LogP contribution >= 0.6 is 0 Å². The van der Waals surface area contributed by atoms with Crippen LogP contribution in [0, 0.1) is 5.92 Å². The molecule has 36 heavy (non-hydrogen) atoms. The van der Waals surface area contributed by atoms with E-state index in [1.807, 2.05) is 30.3 Å². The van der Waals surface area contributed by atoms with Crippen LogP contribution in [0.15, 0.2) is 48.8 Å². The highest BCUT2D eigenvalue weighted by Crippen LogP contribution is 2.44. The van der Waals surface area contributed by atoms with Crippen LogP contribution in [0.3, 0.4) is 0 Å². The summed E-state index contributed by atoms with van der Waals surface area (Å²) in [5.74, 6) is -0.414. The van der Waals surface area contributed by atoms with E-state index in [1.54, 1.807) is 39.2 Å². The molecule has 0 spiro atoms. The van der Waals surface area contributed by atoms with Crippen molar-refractivity contribution in [2.45, 2.75) is 63.8 Å². The maximum absolute atomic E-state index is 13.5. The first kappa shape index (κ1) is 25.4. The predicted octanol–water partition coefficient (Wildman–Crippen LogP) is 3.13. The molecule has 3 amide bonds. The van der Waals surface area contributed by atoms with Crippen molar-refractivity contribution in [3.8, 4) is 0 Å². The second-order valence-electron chi connectivity index (χ2n) is 10.3. The van der Waals surface area contributed by atoms with Gasteiger partial charge in [-0.25, -0.2) is 19.6 Å². The molecule has 2 heterocycles. The topological polar surface area (TPSA) is 123 Å². The van der Waals surface area contributed by atoms with Gasteiger partial charge in [0.25, 0.3) is 0 Å². The Morgan fingerprint density at radius 2 is 1.78 bits per heavy atom. The third kappa shape index (κ3) is 6.50. The Kier molecular flexibility index (Phi) is 7.42. The minimum Gasteiger partial charge on any atom is -0.445 e. The molecular formula is C26H33N5O5. The van der Waals surface area contributed by atoms with Gasteiger partial charge >= 0.3 is 12.2 Å². The summed E-state index contributed by atoms with van der Waals surface area (Å²) in [6.45, 7) is 5.95. The van der Waals surface area contributed by atoms with E-state index in [1.165, 1.54) is 4.90 Å². The molecule has 192 valence electrons. The Morgan fingerprint density at radius 3 is 2.42 bits per heavy atom. The summed E-state index contributed by atoms with van der Waals surface area (Å²) in [6.07, 6.45) is 4.02. The fourth-order valence-corrected chi connectivity index (χ4v) is 4.20. The van der Waals surface area contributed by atoms with E-state index in [0.29, 0.717) is 18.8 Å². The van der Waals surface area contributed by atoms with Crippen molar-refractivity contribution >= 4 is 18.1 Å². The number of nitrogens with zero attached hydrogens (tertiary/aromatic N) is 3. The molecule has 10 nitrogen and oxygen atoms in total. The molecule has 2 unspecified atom stereocenters. The lowest BCUT2D eigenvalue weighted by atomic mass is 9.91. The van der Waals surface area contributed by atoms with Crippen molar-refractivity contribution in [1.82, 2.24) is 25.5 Å². The molecule has 2 aliphatic rings. The number of amides is 3. The van der Waals surface area contributed by atoms with Crippen LogP contribution in [0.1, 0.15) is 51.4 Å². The van der Waals surface area contributed by atoms with Crippen LogP contribution < -0.4 is 10.6 Å². The fourth-order valence-electron chi connectivity index (χ4n) is 4.20. The van der Waals surface area contributed by atoms with Gasteiger partial charge in [0.15, 0.2) is 5.82 Å². The van der Waals surface area contributed by atoms with E-state index in [2.05, 4.69) is 20.6 Å². The van der Waals surface area contributed by atoms with Crippen molar-refractivity contribution in [2.24, 2.45) is 5.92 Å². The molecular weight excluding hydrogens is 462 g/mol. The van der Waals surface area contributed by atoms with Gasteiger partial charge in [0.05, 0.1) is 11.5 Å². The quantitative estimate of drug-likeness (QED) is 0.631. The van der Waals surface area contributed by atoms with Gasteiger partial charge in [-0.15, -0.1) is 0 Å². The minimum atomic E-state index is -0.697. The van der Waals surface area contributed by atoms with Crippen LogP contribution in [-0.4, -0.2) is 57.7 Å². The summed E-state index contributed by atoms with van der Waals surface area (Å²) in [6, 6.07) is 10.6. The number of ether oxygens (including phenoxy) is 2. The number of aromatic nitrogens is 2. The zero-order valence-electron chi connectivity index (χ0n) is 20.9. The molecule has 2 N–H and O–H groups in total. The molecule has 2 atom stereocenters. The Morgan fingerprint density at radius 1 is 1.08 bits per heavy atom. The van der Waals surface area contributed by atoms with Crippen LogP contribution in [0.2, 0.25) is 0 Å². The third-order valence-corrected chi connectivity index (χ3v) is 6.22. The van der Waals surface area contributed by atoms with Crippen LogP contribution in [0.5, 0.6) is 0 Å². The number of carbonyl (C=O) groups is 3. The number of alkyl carbamates (subject to hydrolysis) is 1. The second-order valence-corrected chi connectivity index (χ2v) is 10.3. The van der Waals surface area contributed by atoms with Crippen molar-refractivity contribution in [2.75, 3.05) is 13.1 Å². The molecule has 1 saturated carbocycles. The Hall–Kier alpha value is -3.69. The number of benzene rings is 1. The lowest BCUT2D eigenvalue weighted by Crippen LogP contribution is -2.58. The fraction of sp³-hybridized carbons (Fsp3) is 0.500. The van der Waals surface area contributed by atoms with Gasteiger partial charge in [-0.2, -0.15) is 0 Å². The Labute approximate surface area is 210 Å². The van der Waals surface area contributed by atoms with E-state index in [-0.39, 0.29) is 19.1 Å². The normalized spacial score (nSPS) is 20.7. The van der Waals surface area contributed by atoms with Gasteiger partial charge in [-0.3, -0.25) is 4.79 Å². The van der Waals surface area contributed by atoms with E-state index in [9.17, 15) is 14.4 Å². The van der Waals surface area contributed by atoms with Crippen molar-refractivity contribution in [3.05, 3.63) is 60.2 Å². The molecule has 0 bridgehead atoms. The molecule has 1 aliphatic heterocycles. The predicted molar refractivity (Wildman–Crippen MR) is 131 cm³/mol. The van der Waals surface area contributed by atoms with E-state index in [4.69, 9.17) is 9.47 Å². The summed E-state index contributed by atoms with van der Waals surface area (Å²) < 4.78 is 10.9. The molecule has 0 radical (unpaired) electrons. The number of likely N-dealkylation sites (tertiary alicyclic amines) is 1. The van der Waals surface area contributed by atoms with Gasteiger partial charge < -0.3 is 25.0 Å². The maximum Gasteiger partial charge on any atom is 0.410 e. The molecule has 1 aromatic carbocycles. The average molecular weight is 496 g/mol. The van der Waals surface area contributed by atoms with Crippen LogP contribution in [-0.2, 0) is 26.4 Å². The van der Waals surface area contributed by atoms with Crippen molar-refractivity contribution in [3.63, 3.8) is 0 Å². The maximum atomic E-state index is 13.5. The molecule has 1 aliphatic carbocycles. The number of hydrogen-bond donors (Lipinski definition) is 2. The van der Waals surface area contributed by atoms with E-state index >= 15 is 0 Å². The molecule has 4 rings (SSSR count). The summed E-state index contributed by atoms with van der Waals surface area (Å²) >= 11 is 0. The number of nitrogens with one attached hydrogen (secondary N) is 2. The Balaban J connectivity index is 1.45.